The molecule has 0 aliphatic carbocycles. The summed E-state index contributed by atoms with van der Waals surface area (Å²) in [6.07, 6.45) is 0. The molecule has 0 bridgehead atoms. The van der Waals surface area contributed by atoms with Gasteiger partial charge in [-0.15, -0.1) is 23.2 Å². The summed E-state index contributed by atoms with van der Waals surface area (Å²) >= 11 is 24.4. The number of halogens is 4. The van der Waals surface area contributed by atoms with Crippen molar-refractivity contribution in [3.63, 3.8) is 0 Å². The minimum absolute atomic E-state index is 0.00688. The number of carbonyl (C=O) groups is 6. The number of Topliss-reactive ketones (excluding diaryl/α,β-unsaturated/α-hetero) is 2. The van der Waals surface area contributed by atoms with Crippen LogP contribution in [0.15, 0.2) is 118 Å². The van der Waals surface area contributed by atoms with E-state index in [0.29, 0.717) is 23.1 Å². The van der Waals surface area contributed by atoms with E-state index in [1.807, 2.05) is 0 Å². The molecular weight excluding hydrogens is 934 g/mol. The van der Waals surface area contributed by atoms with E-state index in [9.17, 15) is 28.8 Å². The van der Waals surface area contributed by atoms with Gasteiger partial charge in [0.25, 0.3) is 23.6 Å². The number of amides is 4. The van der Waals surface area contributed by atoms with Crippen molar-refractivity contribution in [1.82, 2.24) is 0 Å². The highest BCUT2D eigenvalue weighted by Crippen LogP contribution is 2.39. The van der Waals surface area contributed by atoms with Crippen LogP contribution in [0.1, 0.15) is 59.5 Å². The molecule has 0 aliphatic rings. The predicted octanol–water partition coefficient (Wildman–Crippen LogP) is 11.1. The van der Waals surface area contributed by atoms with Crippen molar-refractivity contribution in [2.24, 2.45) is 20.5 Å². The third kappa shape index (κ3) is 13.7. The zero-order chi connectivity index (χ0) is 47.9. The van der Waals surface area contributed by atoms with Gasteiger partial charge in [0.1, 0.15) is 28.6 Å². The summed E-state index contributed by atoms with van der Waals surface area (Å²) in [5.74, 6) is -3.45. The summed E-state index contributed by atoms with van der Waals surface area (Å²) in [4.78, 5) is 78.9. The van der Waals surface area contributed by atoms with E-state index in [0.717, 1.165) is 25.0 Å². The van der Waals surface area contributed by atoms with Gasteiger partial charge in [0.05, 0.1) is 23.3 Å². The Balaban J connectivity index is 1.33. The lowest BCUT2D eigenvalue weighted by atomic mass is 10.1. The van der Waals surface area contributed by atoms with Crippen molar-refractivity contribution in [1.29, 1.82) is 0 Å². The number of ether oxygens (including phenoxy) is 2. The lowest BCUT2D eigenvalue weighted by Gasteiger charge is -2.19. The van der Waals surface area contributed by atoms with Crippen LogP contribution in [0.4, 0.5) is 34.1 Å². The van der Waals surface area contributed by atoms with Gasteiger partial charge in [-0.25, -0.2) is 0 Å². The SMILES string of the molecule is CCOc1cc(NC(=O)C(N=Nc2cc(C(=O)Nc3ccc(CCl)cc3)ccc2Cl)C(C)=O)cc(OCC)c1NC(=O)C(N=Nc1cc(C(=O)Nc2ccc(CCl)cc2)ccc1Cl)C(C)=O. The minimum atomic E-state index is -1.69. The normalized spacial score (nSPS) is 12.0. The van der Waals surface area contributed by atoms with Gasteiger partial charge in [0, 0.05) is 52.1 Å². The Labute approximate surface area is 399 Å². The maximum Gasteiger partial charge on any atom is 0.259 e. The molecule has 0 saturated heterocycles. The number of ketones is 2. The zero-order valence-electron chi connectivity index (χ0n) is 35.8. The van der Waals surface area contributed by atoms with E-state index < -0.39 is 47.3 Å². The van der Waals surface area contributed by atoms with Crippen molar-refractivity contribution in [3.05, 3.63) is 129 Å². The Kier molecular flexibility index (Phi) is 18.3. The van der Waals surface area contributed by atoms with Crippen LogP contribution in [-0.4, -0.2) is 60.5 Å². The van der Waals surface area contributed by atoms with Crippen molar-refractivity contribution in [2.45, 2.75) is 51.5 Å². The molecule has 0 saturated carbocycles. The summed E-state index contributed by atoms with van der Waals surface area (Å²) in [5.41, 5.74) is 3.26. The molecular formula is C46H42Cl4N8O8. The van der Waals surface area contributed by atoms with Crippen molar-refractivity contribution >= 4 is 116 Å². The van der Waals surface area contributed by atoms with E-state index in [4.69, 9.17) is 55.9 Å². The van der Waals surface area contributed by atoms with Gasteiger partial charge >= 0.3 is 0 Å². The highest BCUT2D eigenvalue weighted by molar-refractivity contribution is 6.33. The first-order valence-electron chi connectivity index (χ1n) is 20.0. The van der Waals surface area contributed by atoms with E-state index in [-0.39, 0.29) is 68.6 Å². The molecule has 5 aromatic rings. The molecule has 66 heavy (non-hydrogen) atoms. The number of anilines is 4. The predicted molar refractivity (Wildman–Crippen MR) is 255 cm³/mol. The number of benzene rings is 5. The number of nitrogens with zero attached hydrogens (tertiary/aromatic N) is 4. The fourth-order valence-electron chi connectivity index (χ4n) is 5.82. The first kappa shape index (κ1) is 50.3. The number of hydrogen-bond donors (Lipinski definition) is 4. The minimum Gasteiger partial charge on any atom is -0.491 e. The van der Waals surface area contributed by atoms with Crippen LogP contribution in [0.25, 0.3) is 0 Å². The Morgan fingerprint density at radius 2 is 0.924 bits per heavy atom. The second-order valence-electron chi connectivity index (χ2n) is 14.1. The van der Waals surface area contributed by atoms with E-state index in [1.165, 1.54) is 48.5 Å². The molecule has 20 heteroatoms. The first-order valence-corrected chi connectivity index (χ1v) is 21.9. The Morgan fingerprint density at radius 3 is 1.29 bits per heavy atom. The van der Waals surface area contributed by atoms with Gasteiger partial charge in [0.15, 0.2) is 11.6 Å². The van der Waals surface area contributed by atoms with Crippen LogP contribution in [0.3, 0.4) is 0 Å². The van der Waals surface area contributed by atoms with Crippen LogP contribution < -0.4 is 30.7 Å². The van der Waals surface area contributed by atoms with Crippen molar-refractivity contribution in [3.8, 4) is 11.5 Å². The summed E-state index contributed by atoms with van der Waals surface area (Å²) < 4.78 is 11.6. The summed E-state index contributed by atoms with van der Waals surface area (Å²) in [5, 5.41) is 27.0. The number of hydrogen-bond acceptors (Lipinski definition) is 12. The Hall–Kier alpha value is -6.72. The smallest absolute Gasteiger partial charge is 0.259 e. The Bertz CT molecular complexity index is 2650. The number of rotatable bonds is 20. The first-order chi connectivity index (χ1) is 31.6. The maximum atomic E-state index is 13.7. The van der Waals surface area contributed by atoms with Crippen LogP contribution in [0.2, 0.25) is 10.0 Å². The molecule has 0 radical (unpaired) electrons. The third-order valence-electron chi connectivity index (χ3n) is 9.16. The molecule has 2 unspecified atom stereocenters. The summed E-state index contributed by atoms with van der Waals surface area (Å²) in [6.45, 7) is 5.82. The van der Waals surface area contributed by atoms with Crippen LogP contribution in [-0.2, 0) is 30.9 Å². The highest BCUT2D eigenvalue weighted by Gasteiger charge is 2.28. The summed E-state index contributed by atoms with van der Waals surface area (Å²) in [6, 6.07) is 21.8. The van der Waals surface area contributed by atoms with Crippen LogP contribution in [0, 0.1) is 0 Å². The van der Waals surface area contributed by atoms with E-state index >= 15 is 0 Å². The summed E-state index contributed by atoms with van der Waals surface area (Å²) in [7, 11) is 0. The molecule has 4 N–H and O–H groups in total. The highest BCUT2D eigenvalue weighted by atomic mass is 35.5. The quantitative estimate of drug-likeness (QED) is 0.0333. The molecule has 0 aromatic heterocycles. The Morgan fingerprint density at radius 1 is 0.530 bits per heavy atom. The molecule has 2 atom stereocenters. The molecule has 0 spiro atoms. The van der Waals surface area contributed by atoms with E-state index in [2.05, 4.69) is 41.7 Å². The fraction of sp³-hybridized carbons (Fsp3) is 0.217. The molecule has 0 heterocycles. The average molecular weight is 977 g/mol. The molecule has 16 nitrogen and oxygen atoms in total. The number of carbonyl (C=O) groups excluding carboxylic acids is 6. The van der Waals surface area contributed by atoms with Gasteiger partial charge in [-0.2, -0.15) is 20.5 Å². The topological polar surface area (TPSA) is 218 Å². The number of alkyl halides is 2. The van der Waals surface area contributed by atoms with Crippen molar-refractivity contribution < 1.29 is 38.2 Å². The lowest BCUT2D eigenvalue weighted by molar-refractivity contribution is -0.127. The third-order valence-corrected chi connectivity index (χ3v) is 10.4. The lowest BCUT2D eigenvalue weighted by Crippen LogP contribution is -2.32. The fourth-order valence-corrected chi connectivity index (χ4v) is 6.49. The maximum absolute atomic E-state index is 13.7. The molecule has 342 valence electrons. The van der Waals surface area contributed by atoms with Gasteiger partial charge in [-0.1, -0.05) is 47.5 Å². The molecule has 5 rings (SSSR count). The van der Waals surface area contributed by atoms with Crippen molar-refractivity contribution in [2.75, 3.05) is 34.5 Å². The van der Waals surface area contributed by atoms with Gasteiger partial charge in [0.2, 0.25) is 12.1 Å². The number of nitrogens with one attached hydrogen (secondary N) is 4. The standard InChI is InChI=1S/C46H42Cl4N8O8/c1-5-65-38-21-33(53-45(63)40(25(3)59)57-55-36-19-29(11-17-34(36)49)43(61)51-31-13-7-27(23-47)8-14-31)22-39(66-6-2)42(38)54-46(64)41(26(4)60)58-56-37-20-30(12-18-35(37)50)44(62)52-32-15-9-28(24-48)10-16-32/h7-22,40-41H,5-6,23-24H2,1-4H3,(H,51,61)(H,52,62)(H,53,63)(H,54,64). The van der Waals surface area contributed by atoms with Gasteiger partial charge in [-0.05, 0) is 99.5 Å². The van der Waals surface area contributed by atoms with Crippen LogP contribution in [0.5, 0.6) is 11.5 Å². The second kappa shape index (κ2) is 24.0. The zero-order valence-corrected chi connectivity index (χ0v) is 38.8. The van der Waals surface area contributed by atoms with Gasteiger partial charge in [-0.3, -0.25) is 28.8 Å². The molecule has 0 aliphatic heterocycles. The monoisotopic (exact) mass is 974 g/mol. The largest absolute Gasteiger partial charge is 0.491 e. The molecule has 0 fully saturated rings. The molecule has 5 aromatic carbocycles. The molecule has 4 amide bonds. The average Bonchev–Trinajstić information content (AvgIpc) is 3.29. The van der Waals surface area contributed by atoms with Gasteiger partial charge < -0.3 is 30.7 Å². The van der Waals surface area contributed by atoms with Crippen LogP contribution >= 0.6 is 46.4 Å². The second-order valence-corrected chi connectivity index (χ2v) is 15.4. The van der Waals surface area contributed by atoms with E-state index in [1.54, 1.807) is 62.4 Å². The number of azo groups is 2.